The molecule has 0 aromatic heterocycles. The minimum atomic E-state index is -0.265. The Bertz CT molecular complexity index is 1100. The average Bonchev–Trinajstić information content (AvgIpc) is 2.75. The van der Waals surface area contributed by atoms with Gasteiger partial charge in [0.05, 0.1) is 7.11 Å². The van der Waals surface area contributed by atoms with Crippen molar-refractivity contribution in [2.75, 3.05) is 17.7 Å². The monoisotopic (exact) mass is 438 g/mol. The van der Waals surface area contributed by atoms with Crippen LogP contribution in [0.25, 0.3) is 0 Å². The molecule has 2 amide bonds. The van der Waals surface area contributed by atoms with E-state index in [0.29, 0.717) is 33.5 Å². The van der Waals surface area contributed by atoms with Crippen molar-refractivity contribution in [2.45, 2.75) is 20.5 Å². The highest BCUT2D eigenvalue weighted by Gasteiger charge is 2.12. The summed E-state index contributed by atoms with van der Waals surface area (Å²) in [5.74, 6) is 0.886. The van der Waals surface area contributed by atoms with Gasteiger partial charge in [-0.3, -0.25) is 9.59 Å². The second-order valence-corrected chi connectivity index (χ2v) is 7.35. The summed E-state index contributed by atoms with van der Waals surface area (Å²) < 4.78 is 11.3. The molecule has 0 bridgehead atoms. The van der Waals surface area contributed by atoms with E-state index in [1.54, 1.807) is 61.7 Å². The summed E-state index contributed by atoms with van der Waals surface area (Å²) in [6, 6.07) is 17.5. The van der Waals surface area contributed by atoms with Crippen LogP contribution in [0.15, 0.2) is 60.7 Å². The first-order valence-electron chi connectivity index (χ1n) is 9.60. The predicted molar refractivity (Wildman–Crippen MR) is 122 cm³/mol. The largest absolute Gasteiger partial charge is 0.496 e. The van der Waals surface area contributed by atoms with Crippen LogP contribution in [-0.4, -0.2) is 18.9 Å². The first-order chi connectivity index (χ1) is 14.9. The van der Waals surface area contributed by atoms with Gasteiger partial charge in [-0.2, -0.15) is 0 Å². The number of ether oxygens (including phenoxy) is 2. The molecule has 0 saturated carbocycles. The number of amides is 2. The topological polar surface area (TPSA) is 76.7 Å². The molecule has 31 heavy (non-hydrogen) atoms. The number of aryl methyl sites for hydroxylation is 1. The molecule has 0 heterocycles. The molecule has 3 aromatic carbocycles. The van der Waals surface area contributed by atoms with Crippen LogP contribution in [0.4, 0.5) is 11.4 Å². The van der Waals surface area contributed by atoms with Crippen molar-refractivity contribution in [3.63, 3.8) is 0 Å². The van der Waals surface area contributed by atoms with Crippen LogP contribution in [0.3, 0.4) is 0 Å². The Morgan fingerprint density at radius 2 is 1.61 bits per heavy atom. The third kappa shape index (κ3) is 5.99. The zero-order valence-electron chi connectivity index (χ0n) is 17.5. The van der Waals surface area contributed by atoms with Crippen molar-refractivity contribution >= 4 is 34.8 Å². The molecule has 3 aromatic rings. The van der Waals surface area contributed by atoms with Crippen molar-refractivity contribution < 1.29 is 19.1 Å². The number of rotatable bonds is 7. The molecule has 0 aliphatic heterocycles. The van der Waals surface area contributed by atoms with Gasteiger partial charge in [0, 0.05) is 34.4 Å². The summed E-state index contributed by atoms with van der Waals surface area (Å²) in [4.78, 5) is 23.8. The number of halogens is 1. The standard InChI is InChI=1S/C24H23ClN2O4/c1-15-12-21(9-10-22(15)25)31-14-18-13-17(4-11-23(18)30-3)24(29)27-20-7-5-19(6-8-20)26-16(2)28/h4-13H,14H2,1-3H3,(H,26,28)(H,27,29). The Hall–Kier alpha value is -3.51. The predicted octanol–water partition coefficient (Wildman–Crippen LogP) is 5.45. The van der Waals surface area contributed by atoms with Gasteiger partial charge in [0.2, 0.25) is 5.91 Å². The van der Waals surface area contributed by atoms with Gasteiger partial charge >= 0.3 is 0 Å². The summed E-state index contributed by atoms with van der Waals surface area (Å²) in [5.41, 5.74) is 3.40. The molecule has 0 atom stereocenters. The van der Waals surface area contributed by atoms with Crippen LogP contribution in [-0.2, 0) is 11.4 Å². The van der Waals surface area contributed by atoms with Gasteiger partial charge in [-0.1, -0.05) is 11.6 Å². The highest BCUT2D eigenvalue weighted by molar-refractivity contribution is 6.31. The van der Waals surface area contributed by atoms with Crippen molar-refractivity contribution in [1.29, 1.82) is 0 Å². The van der Waals surface area contributed by atoms with E-state index in [1.165, 1.54) is 6.92 Å². The van der Waals surface area contributed by atoms with Gasteiger partial charge in [-0.15, -0.1) is 0 Å². The first-order valence-corrected chi connectivity index (χ1v) is 9.98. The molecular formula is C24H23ClN2O4. The van der Waals surface area contributed by atoms with Crippen LogP contribution in [0, 0.1) is 6.92 Å². The number of hydrogen-bond donors (Lipinski definition) is 2. The summed E-state index contributed by atoms with van der Waals surface area (Å²) in [7, 11) is 1.57. The lowest BCUT2D eigenvalue weighted by molar-refractivity contribution is -0.114. The fraction of sp³-hybridized carbons (Fsp3) is 0.167. The van der Waals surface area contributed by atoms with E-state index < -0.39 is 0 Å². The van der Waals surface area contributed by atoms with Crippen LogP contribution < -0.4 is 20.1 Å². The van der Waals surface area contributed by atoms with Crippen molar-refractivity contribution in [2.24, 2.45) is 0 Å². The molecule has 7 heteroatoms. The molecule has 0 aliphatic carbocycles. The molecule has 0 aliphatic rings. The maximum Gasteiger partial charge on any atom is 0.255 e. The molecule has 0 unspecified atom stereocenters. The van der Waals surface area contributed by atoms with Crippen LogP contribution in [0.1, 0.15) is 28.4 Å². The number of benzene rings is 3. The number of carbonyl (C=O) groups excluding carboxylic acids is 2. The van der Waals surface area contributed by atoms with E-state index in [0.717, 1.165) is 11.1 Å². The second kappa shape index (κ2) is 10.00. The normalized spacial score (nSPS) is 10.3. The number of anilines is 2. The van der Waals surface area contributed by atoms with Gasteiger partial charge in [-0.05, 0) is 73.2 Å². The molecule has 0 radical (unpaired) electrons. The van der Waals surface area contributed by atoms with E-state index >= 15 is 0 Å². The molecule has 6 nitrogen and oxygen atoms in total. The Balaban J connectivity index is 1.71. The molecular weight excluding hydrogens is 416 g/mol. The summed E-state index contributed by atoms with van der Waals surface area (Å²) in [6.45, 7) is 3.58. The average molecular weight is 439 g/mol. The van der Waals surface area contributed by atoms with Crippen molar-refractivity contribution in [1.82, 2.24) is 0 Å². The van der Waals surface area contributed by atoms with Crippen LogP contribution in [0.2, 0.25) is 5.02 Å². The van der Waals surface area contributed by atoms with E-state index in [2.05, 4.69) is 10.6 Å². The zero-order chi connectivity index (χ0) is 22.4. The van der Waals surface area contributed by atoms with Crippen LogP contribution >= 0.6 is 11.6 Å². The third-order valence-corrected chi connectivity index (χ3v) is 4.95. The Morgan fingerprint density at radius 1 is 0.935 bits per heavy atom. The smallest absolute Gasteiger partial charge is 0.255 e. The Kier molecular flexibility index (Phi) is 7.15. The summed E-state index contributed by atoms with van der Waals surface area (Å²) >= 11 is 6.06. The van der Waals surface area contributed by atoms with Crippen molar-refractivity contribution in [3.05, 3.63) is 82.4 Å². The maximum atomic E-state index is 12.7. The lowest BCUT2D eigenvalue weighted by Crippen LogP contribution is -2.13. The molecule has 2 N–H and O–H groups in total. The van der Waals surface area contributed by atoms with Gasteiger partial charge in [-0.25, -0.2) is 0 Å². The van der Waals surface area contributed by atoms with E-state index in [1.807, 2.05) is 13.0 Å². The number of nitrogens with one attached hydrogen (secondary N) is 2. The second-order valence-electron chi connectivity index (χ2n) is 6.94. The molecule has 160 valence electrons. The highest BCUT2D eigenvalue weighted by atomic mass is 35.5. The van der Waals surface area contributed by atoms with Gasteiger partial charge in [0.15, 0.2) is 0 Å². The van der Waals surface area contributed by atoms with E-state index in [-0.39, 0.29) is 18.4 Å². The fourth-order valence-corrected chi connectivity index (χ4v) is 3.06. The first kappa shape index (κ1) is 22.2. The van der Waals surface area contributed by atoms with Crippen molar-refractivity contribution in [3.8, 4) is 11.5 Å². The quantitative estimate of drug-likeness (QED) is 0.514. The van der Waals surface area contributed by atoms with Gasteiger partial charge in [0.25, 0.3) is 5.91 Å². The number of methoxy groups -OCH3 is 1. The molecule has 0 spiro atoms. The van der Waals surface area contributed by atoms with Gasteiger partial charge < -0.3 is 20.1 Å². The fourth-order valence-electron chi connectivity index (χ4n) is 2.94. The van der Waals surface area contributed by atoms with E-state index in [4.69, 9.17) is 21.1 Å². The highest BCUT2D eigenvalue weighted by Crippen LogP contribution is 2.25. The number of hydrogen-bond acceptors (Lipinski definition) is 4. The molecule has 0 fully saturated rings. The summed E-state index contributed by atoms with van der Waals surface area (Å²) in [5, 5.41) is 6.20. The number of carbonyl (C=O) groups is 2. The van der Waals surface area contributed by atoms with E-state index in [9.17, 15) is 9.59 Å². The minimum absolute atomic E-state index is 0.154. The molecule has 3 rings (SSSR count). The maximum absolute atomic E-state index is 12.7. The summed E-state index contributed by atoms with van der Waals surface area (Å²) in [6.07, 6.45) is 0. The minimum Gasteiger partial charge on any atom is -0.496 e. The Morgan fingerprint density at radius 3 is 2.23 bits per heavy atom. The SMILES string of the molecule is COc1ccc(C(=O)Nc2ccc(NC(C)=O)cc2)cc1COc1ccc(Cl)c(C)c1. The van der Waals surface area contributed by atoms with Gasteiger partial charge in [0.1, 0.15) is 18.1 Å². The lowest BCUT2D eigenvalue weighted by Gasteiger charge is -2.13. The van der Waals surface area contributed by atoms with Crippen LogP contribution in [0.5, 0.6) is 11.5 Å². The zero-order valence-corrected chi connectivity index (χ0v) is 18.2. The Labute approximate surface area is 186 Å². The lowest BCUT2D eigenvalue weighted by atomic mass is 10.1. The molecule has 0 saturated heterocycles. The third-order valence-electron chi connectivity index (χ3n) is 4.53.